The molecule has 27 heavy (non-hydrogen) atoms. The molecule has 2 fully saturated rings. The minimum absolute atomic E-state index is 0.0544. The Morgan fingerprint density at radius 2 is 2.00 bits per heavy atom. The Morgan fingerprint density at radius 1 is 1.30 bits per heavy atom. The van der Waals surface area contributed by atoms with Crippen LogP contribution in [-0.2, 0) is 4.79 Å². The van der Waals surface area contributed by atoms with E-state index in [0.717, 1.165) is 11.0 Å². The highest BCUT2D eigenvalue weighted by atomic mass is 16.2. The number of nitrogens with zero attached hydrogens (tertiary/aromatic N) is 3. The topological polar surface area (TPSA) is 106 Å². The van der Waals surface area contributed by atoms with Crippen LogP contribution in [0.1, 0.15) is 61.6 Å². The van der Waals surface area contributed by atoms with Gasteiger partial charge in [-0.2, -0.15) is 5.10 Å². The van der Waals surface area contributed by atoms with Gasteiger partial charge in [0.05, 0.1) is 11.9 Å². The molecule has 2 N–H and O–H groups in total. The number of aromatic nitrogens is 3. The first-order valence-electron chi connectivity index (χ1n) is 9.33. The van der Waals surface area contributed by atoms with Crippen LogP contribution in [0.2, 0.25) is 0 Å². The second kappa shape index (κ2) is 6.14. The lowest BCUT2D eigenvalue weighted by atomic mass is 9.74. The summed E-state index contributed by atoms with van der Waals surface area (Å²) in [5.41, 5.74) is 1.25. The molecule has 2 aromatic heterocycles. The van der Waals surface area contributed by atoms with E-state index in [1.807, 2.05) is 31.5 Å². The Bertz CT molecular complexity index is 954. The molecule has 4 rings (SSSR count). The number of hydrogen-bond donors (Lipinski definition) is 2. The molecule has 142 valence electrons. The van der Waals surface area contributed by atoms with Crippen molar-refractivity contribution in [3.63, 3.8) is 0 Å². The van der Waals surface area contributed by atoms with Crippen LogP contribution in [0, 0.1) is 12.8 Å². The van der Waals surface area contributed by atoms with E-state index in [9.17, 15) is 14.4 Å². The minimum atomic E-state index is -0.844. The number of rotatable bonds is 3. The van der Waals surface area contributed by atoms with Crippen LogP contribution in [0.25, 0.3) is 11.0 Å². The first-order valence-corrected chi connectivity index (χ1v) is 9.33. The van der Waals surface area contributed by atoms with Crippen molar-refractivity contribution >= 4 is 28.8 Å². The summed E-state index contributed by atoms with van der Waals surface area (Å²) in [6.07, 6.45) is 3.82. The summed E-state index contributed by atoms with van der Waals surface area (Å²) in [5, 5.41) is 10.3. The fourth-order valence-corrected chi connectivity index (χ4v) is 4.17. The number of amides is 3. The van der Waals surface area contributed by atoms with Crippen LogP contribution in [-0.4, -0.2) is 38.0 Å². The molecular formula is C19H23N5O3. The lowest BCUT2D eigenvalue weighted by molar-refractivity contribution is -0.125. The predicted molar refractivity (Wildman–Crippen MR) is 98.3 cm³/mol. The van der Waals surface area contributed by atoms with E-state index in [4.69, 9.17) is 0 Å². The zero-order chi connectivity index (χ0) is 19.3. The number of imide groups is 1. The molecule has 8 heteroatoms. The highest BCUT2D eigenvalue weighted by molar-refractivity contribution is 6.07. The fraction of sp³-hybridized carbons (Fsp3) is 0.526. The number of carbonyl (C=O) groups is 3. The zero-order valence-corrected chi connectivity index (χ0v) is 15.7. The van der Waals surface area contributed by atoms with Crippen molar-refractivity contribution in [3.05, 3.63) is 23.5 Å². The molecule has 1 aliphatic heterocycles. The van der Waals surface area contributed by atoms with Crippen LogP contribution >= 0.6 is 0 Å². The van der Waals surface area contributed by atoms with E-state index in [0.29, 0.717) is 36.9 Å². The SMILES string of the molecule is Cc1nc2c(cnn2C(C)C)cc1C(=O)C1CCC2(CC1)NC(=O)NC2=O. The third kappa shape index (κ3) is 2.79. The first kappa shape index (κ1) is 17.6. The largest absolute Gasteiger partial charge is 0.323 e. The van der Waals surface area contributed by atoms with E-state index in [1.54, 1.807) is 6.20 Å². The molecule has 8 nitrogen and oxygen atoms in total. The van der Waals surface area contributed by atoms with Crippen molar-refractivity contribution in [2.24, 2.45) is 5.92 Å². The summed E-state index contributed by atoms with van der Waals surface area (Å²) in [7, 11) is 0. The van der Waals surface area contributed by atoms with Crippen LogP contribution in [0.3, 0.4) is 0 Å². The third-order valence-electron chi connectivity index (χ3n) is 5.74. The van der Waals surface area contributed by atoms with E-state index in [-0.39, 0.29) is 23.7 Å². The second-order valence-electron chi connectivity index (χ2n) is 7.85. The number of nitrogens with one attached hydrogen (secondary N) is 2. The van der Waals surface area contributed by atoms with Gasteiger partial charge in [0.15, 0.2) is 11.4 Å². The van der Waals surface area contributed by atoms with Gasteiger partial charge in [-0.25, -0.2) is 14.5 Å². The van der Waals surface area contributed by atoms with Crippen LogP contribution in [0.4, 0.5) is 4.79 Å². The number of Topliss-reactive ketones (excluding diaryl/α,β-unsaturated/α-hetero) is 1. The molecule has 1 saturated carbocycles. The molecule has 0 unspecified atom stereocenters. The smallest absolute Gasteiger partial charge is 0.322 e. The summed E-state index contributed by atoms with van der Waals surface area (Å²) in [5.74, 6) is -0.392. The van der Waals surface area contributed by atoms with Crippen molar-refractivity contribution in [1.82, 2.24) is 25.4 Å². The monoisotopic (exact) mass is 369 g/mol. The number of ketones is 1. The Labute approximate surface area is 156 Å². The molecule has 1 saturated heterocycles. The number of carbonyl (C=O) groups excluding carboxylic acids is 3. The Kier molecular flexibility index (Phi) is 4.01. The number of fused-ring (bicyclic) bond motifs is 1. The molecule has 1 spiro atoms. The van der Waals surface area contributed by atoms with Gasteiger partial charge in [0, 0.05) is 22.9 Å². The molecule has 2 aliphatic rings. The molecule has 3 amide bonds. The lowest BCUT2D eigenvalue weighted by Gasteiger charge is -2.34. The molecule has 0 atom stereocenters. The Morgan fingerprint density at radius 3 is 2.59 bits per heavy atom. The van der Waals surface area contributed by atoms with Gasteiger partial charge in [-0.05, 0) is 52.5 Å². The molecular weight excluding hydrogens is 346 g/mol. The fourth-order valence-electron chi connectivity index (χ4n) is 4.17. The normalized spacial score (nSPS) is 25.3. The maximum absolute atomic E-state index is 13.1. The molecule has 3 heterocycles. The van der Waals surface area contributed by atoms with Crippen molar-refractivity contribution in [1.29, 1.82) is 0 Å². The van der Waals surface area contributed by atoms with Crippen molar-refractivity contribution in [3.8, 4) is 0 Å². The quantitative estimate of drug-likeness (QED) is 0.638. The Hall–Kier alpha value is -2.77. The number of pyridine rings is 1. The third-order valence-corrected chi connectivity index (χ3v) is 5.74. The van der Waals surface area contributed by atoms with Gasteiger partial charge in [0.2, 0.25) is 0 Å². The van der Waals surface area contributed by atoms with E-state index in [2.05, 4.69) is 20.7 Å². The van der Waals surface area contributed by atoms with Gasteiger partial charge >= 0.3 is 6.03 Å². The summed E-state index contributed by atoms with van der Waals surface area (Å²) < 4.78 is 1.85. The number of aryl methyl sites for hydroxylation is 1. The van der Waals surface area contributed by atoms with Crippen molar-refractivity contribution in [2.75, 3.05) is 0 Å². The van der Waals surface area contributed by atoms with E-state index < -0.39 is 11.6 Å². The standard InChI is InChI=1S/C19H23N5O3/c1-10(2)24-16-13(9-20-24)8-14(11(3)21-16)15(25)12-4-6-19(7-5-12)17(26)22-18(27)23-19/h8-10,12H,4-7H2,1-3H3,(H2,22,23,26,27). The summed E-state index contributed by atoms with van der Waals surface area (Å²) in [6, 6.07) is 1.62. The van der Waals surface area contributed by atoms with Crippen LogP contribution < -0.4 is 10.6 Å². The average molecular weight is 369 g/mol. The lowest BCUT2D eigenvalue weighted by Crippen LogP contribution is -2.50. The summed E-state index contributed by atoms with van der Waals surface area (Å²) in [4.78, 5) is 41.2. The number of urea groups is 1. The second-order valence-corrected chi connectivity index (χ2v) is 7.85. The minimum Gasteiger partial charge on any atom is -0.323 e. The zero-order valence-electron chi connectivity index (χ0n) is 15.7. The predicted octanol–water partition coefficient (Wildman–Crippen LogP) is 2.27. The highest BCUT2D eigenvalue weighted by Crippen LogP contribution is 2.36. The molecule has 2 aromatic rings. The van der Waals surface area contributed by atoms with Gasteiger partial charge in [-0.3, -0.25) is 14.9 Å². The van der Waals surface area contributed by atoms with Gasteiger partial charge in [0.1, 0.15) is 5.54 Å². The highest BCUT2D eigenvalue weighted by Gasteiger charge is 2.49. The summed E-state index contributed by atoms with van der Waals surface area (Å²) in [6.45, 7) is 5.93. The van der Waals surface area contributed by atoms with Crippen molar-refractivity contribution < 1.29 is 14.4 Å². The van der Waals surface area contributed by atoms with Gasteiger partial charge in [-0.1, -0.05) is 0 Å². The molecule has 0 radical (unpaired) electrons. The van der Waals surface area contributed by atoms with Crippen molar-refractivity contribution in [2.45, 2.75) is 58.0 Å². The summed E-state index contributed by atoms with van der Waals surface area (Å²) >= 11 is 0. The van der Waals surface area contributed by atoms with Crippen LogP contribution in [0.5, 0.6) is 0 Å². The van der Waals surface area contributed by atoms with Gasteiger partial charge in [-0.15, -0.1) is 0 Å². The first-order chi connectivity index (χ1) is 12.8. The van der Waals surface area contributed by atoms with E-state index >= 15 is 0 Å². The molecule has 0 bridgehead atoms. The van der Waals surface area contributed by atoms with Gasteiger partial charge < -0.3 is 5.32 Å². The van der Waals surface area contributed by atoms with Crippen LogP contribution in [0.15, 0.2) is 12.3 Å². The number of hydrogen-bond acceptors (Lipinski definition) is 5. The maximum Gasteiger partial charge on any atom is 0.322 e. The van der Waals surface area contributed by atoms with Gasteiger partial charge in [0.25, 0.3) is 5.91 Å². The molecule has 1 aliphatic carbocycles. The van der Waals surface area contributed by atoms with E-state index in [1.165, 1.54) is 0 Å². The molecule has 0 aromatic carbocycles. The Balaban J connectivity index is 1.56. The average Bonchev–Trinajstić information content (AvgIpc) is 3.14. The maximum atomic E-state index is 13.1.